The lowest BCUT2D eigenvalue weighted by atomic mass is 9.94. The van der Waals surface area contributed by atoms with Gasteiger partial charge in [0, 0.05) is 24.3 Å². The summed E-state index contributed by atoms with van der Waals surface area (Å²) in [5, 5.41) is 13.2. The van der Waals surface area contributed by atoms with E-state index in [0.29, 0.717) is 18.3 Å². The van der Waals surface area contributed by atoms with Gasteiger partial charge in [0.15, 0.2) is 0 Å². The molecule has 0 fully saturated rings. The normalized spacial score (nSPS) is 12.1. The fourth-order valence-electron chi connectivity index (χ4n) is 4.11. The number of aromatic nitrogens is 2. The van der Waals surface area contributed by atoms with Crippen LogP contribution in [0.25, 0.3) is 34.0 Å². The van der Waals surface area contributed by atoms with E-state index in [9.17, 15) is 4.79 Å². The fraction of sp³-hybridized carbons (Fsp3) is 0.250. The Morgan fingerprint density at radius 1 is 1.06 bits per heavy atom. The van der Waals surface area contributed by atoms with Crippen molar-refractivity contribution in [1.82, 2.24) is 15.0 Å². The van der Waals surface area contributed by atoms with Gasteiger partial charge in [-0.3, -0.25) is 9.69 Å². The van der Waals surface area contributed by atoms with Crippen molar-refractivity contribution in [1.29, 1.82) is 0 Å². The third-order valence-corrected chi connectivity index (χ3v) is 6.21. The molecule has 4 rings (SSSR count). The highest BCUT2D eigenvalue weighted by Gasteiger charge is 2.17. The lowest BCUT2D eigenvalue weighted by molar-refractivity contribution is -0.138. The molecule has 0 aliphatic carbocycles. The fourth-order valence-corrected chi connectivity index (χ4v) is 4.11. The molecule has 1 heterocycles. The van der Waals surface area contributed by atoms with E-state index in [1.165, 1.54) is 11.1 Å². The predicted octanol–water partition coefficient (Wildman–Crippen LogP) is 5.60. The number of carboxylic acids is 1. The van der Waals surface area contributed by atoms with Crippen LogP contribution < -0.4 is 0 Å². The van der Waals surface area contributed by atoms with Crippen molar-refractivity contribution in [2.75, 3.05) is 20.7 Å². The van der Waals surface area contributed by atoms with Crippen LogP contribution in [-0.4, -0.2) is 46.8 Å². The highest BCUT2D eigenvalue weighted by molar-refractivity contribution is 5.74. The molecule has 0 saturated carbocycles. The number of nitrogens with zero attached hydrogens (tertiary/aromatic N) is 3. The molecule has 0 aliphatic heterocycles. The van der Waals surface area contributed by atoms with Gasteiger partial charge in [-0.05, 0) is 60.8 Å². The summed E-state index contributed by atoms with van der Waals surface area (Å²) in [6, 6.07) is 22.1. The maximum atomic E-state index is 11.0. The van der Waals surface area contributed by atoms with Gasteiger partial charge in [-0.2, -0.15) is 4.98 Å². The smallest absolute Gasteiger partial charge is 0.317 e. The van der Waals surface area contributed by atoms with E-state index in [0.717, 1.165) is 27.8 Å². The molecule has 0 radical (unpaired) electrons. The van der Waals surface area contributed by atoms with Crippen molar-refractivity contribution < 1.29 is 19.2 Å². The summed E-state index contributed by atoms with van der Waals surface area (Å²) in [6.07, 6.45) is 0. The Morgan fingerprint density at radius 2 is 1.77 bits per heavy atom. The molecule has 7 heteroatoms. The average Bonchev–Trinajstić information content (AvgIpc) is 3.34. The highest BCUT2D eigenvalue weighted by atomic mass is 16.5. The van der Waals surface area contributed by atoms with Crippen LogP contribution in [0.15, 0.2) is 71.3 Å². The van der Waals surface area contributed by atoms with Gasteiger partial charge < -0.3 is 14.4 Å². The minimum Gasteiger partial charge on any atom is -0.480 e. The van der Waals surface area contributed by atoms with Gasteiger partial charge in [-0.15, -0.1) is 0 Å². The summed E-state index contributed by atoms with van der Waals surface area (Å²) in [7, 11) is 3.48. The van der Waals surface area contributed by atoms with Crippen LogP contribution in [0.4, 0.5) is 0 Å². The van der Waals surface area contributed by atoms with E-state index >= 15 is 0 Å². The Hall–Kier alpha value is -3.81. The Balaban J connectivity index is 1.58. The van der Waals surface area contributed by atoms with Crippen LogP contribution in [-0.2, 0) is 16.1 Å². The van der Waals surface area contributed by atoms with E-state index in [2.05, 4.69) is 35.3 Å². The summed E-state index contributed by atoms with van der Waals surface area (Å²) in [5.74, 6) is 0.0811. The predicted molar refractivity (Wildman–Crippen MR) is 135 cm³/mol. The van der Waals surface area contributed by atoms with Crippen LogP contribution in [0.5, 0.6) is 0 Å². The molecule has 4 aromatic rings. The first-order valence-electron chi connectivity index (χ1n) is 11.4. The molecule has 7 nitrogen and oxygen atoms in total. The second kappa shape index (κ2) is 10.6. The maximum Gasteiger partial charge on any atom is 0.317 e. The number of hydrogen-bond acceptors (Lipinski definition) is 6. The number of carbonyl (C=O) groups is 1. The minimum absolute atomic E-state index is 0.0230. The van der Waals surface area contributed by atoms with Crippen LogP contribution in [0.3, 0.4) is 0 Å². The van der Waals surface area contributed by atoms with Crippen molar-refractivity contribution in [3.05, 3.63) is 83.4 Å². The minimum atomic E-state index is -0.851. The summed E-state index contributed by atoms with van der Waals surface area (Å²) in [4.78, 5) is 17.4. The lowest BCUT2D eigenvalue weighted by Crippen LogP contribution is -2.28. The van der Waals surface area contributed by atoms with Gasteiger partial charge in [0.2, 0.25) is 5.82 Å². The van der Waals surface area contributed by atoms with Gasteiger partial charge in [0.05, 0.1) is 13.2 Å². The largest absolute Gasteiger partial charge is 0.480 e. The number of carboxylic acid groups (broad SMARTS) is 1. The molecule has 0 bridgehead atoms. The lowest BCUT2D eigenvalue weighted by Gasteiger charge is -2.23. The Labute approximate surface area is 205 Å². The van der Waals surface area contributed by atoms with Crippen LogP contribution in [0.1, 0.15) is 29.7 Å². The van der Waals surface area contributed by atoms with Crippen LogP contribution in [0, 0.1) is 6.92 Å². The first-order chi connectivity index (χ1) is 16.9. The second-order valence-electron chi connectivity index (χ2n) is 8.65. The summed E-state index contributed by atoms with van der Waals surface area (Å²) in [6.45, 7) is 4.52. The number of ether oxygens (including phenoxy) is 1. The first kappa shape index (κ1) is 24.3. The monoisotopic (exact) mass is 471 g/mol. The molecule has 0 amide bonds. The molecular formula is C28H29N3O4. The average molecular weight is 472 g/mol. The molecule has 0 saturated heterocycles. The van der Waals surface area contributed by atoms with E-state index in [-0.39, 0.29) is 12.6 Å². The number of rotatable bonds is 9. The SMILES string of the molecule is COCc1cc(-c2nc(-c3ccc(C(C)N(C)CC(=O)O)cc3)no2)ccc1-c1ccccc1C. The van der Waals surface area contributed by atoms with E-state index in [1.54, 1.807) is 19.1 Å². The molecule has 0 spiro atoms. The Morgan fingerprint density at radius 3 is 2.46 bits per heavy atom. The van der Waals surface area contributed by atoms with Crippen LogP contribution >= 0.6 is 0 Å². The van der Waals surface area contributed by atoms with E-state index < -0.39 is 5.97 Å². The maximum absolute atomic E-state index is 11.0. The van der Waals surface area contributed by atoms with Gasteiger partial charge in [0.1, 0.15) is 0 Å². The molecule has 1 aromatic heterocycles. The molecule has 1 N–H and O–H groups in total. The van der Waals surface area contributed by atoms with Crippen LogP contribution in [0.2, 0.25) is 0 Å². The summed E-state index contributed by atoms with van der Waals surface area (Å²) >= 11 is 0. The zero-order chi connectivity index (χ0) is 24.9. The number of aryl methyl sites for hydroxylation is 1. The van der Waals surface area contributed by atoms with E-state index in [4.69, 9.17) is 14.4 Å². The highest BCUT2D eigenvalue weighted by Crippen LogP contribution is 2.32. The van der Waals surface area contributed by atoms with E-state index in [1.807, 2.05) is 55.5 Å². The van der Waals surface area contributed by atoms with Gasteiger partial charge in [-0.1, -0.05) is 59.8 Å². The van der Waals surface area contributed by atoms with Crippen molar-refractivity contribution >= 4 is 5.97 Å². The second-order valence-corrected chi connectivity index (χ2v) is 8.65. The summed E-state index contributed by atoms with van der Waals surface area (Å²) < 4.78 is 11.1. The first-order valence-corrected chi connectivity index (χ1v) is 11.4. The van der Waals surface area contributed by atoms with Crippen molar-refractivity contribution in [2.24, 2.45) is 0 Å². The molecule has 35 heavy (non-hydrogen) atoms. The number of benzene rings is 3. The number of aliphatic carboxylic acids is 1. The number of likely N-dealkylation sites (N-methyl/N-ethyl adjacent to an activating group) is 1. The standard InChI is InChI=1S/C28H29N3O4/c1-18-7-5-6-8-24(18)25-14-13-22(15-23(25)17-34-4)28-29-27(30-35-28)21-11-9-20(10-12-21)19(2)31(3)16-26(32)33/h5-15,19H,16-17H2,1-4H3,(H,32,33). The van der Waals surface area contributed by atoms with Crippen molar-refractivity contribution in [3.63, 3.8) is 0 Å². The number of methoxy groups -OCH3 is 1. The number of hydrogen-bond donors (Lipinski definition) is 1. The molecule has 3 aromatic carbocycles. The molecule has 1 atom stereocenters. The van der Waals surface area contributed by atoms with Gasteiger partial charge >= 0.3 is 5.97 Å². The van der Waals surface area contributed by atoms with Gasteiger partial charge in [0.25, 0.3) is 5.89 Å². The van der Waals surface area contributed by atoms with Gasteiger partial charge in [-0.25, -0.2) is 0 Å². The Bertz CT molecular complexity index is 1310. The third-order valence-electron chi connectivity index (χ3n) is 6.21. The van der Waals surface area contributed by atoms with Crippen molar-refractivity contribution in [2.45, 2.75) is 26.5 Å². The van der Waals surface area contributed by atoms with Crippen molar-refractivity contribution in [3.8, 4) is 34.0 Å². The third kappa shape index (κ3) is 5.48. The quantitative estimate of drug-likeness (QED) is 0.340. The topological polar surface area (TPSA) is 88.7 Å². The zero-order valence-electron chi connectivity index (χ0n) is 20.4. The molecule has 180 valence electrons. The zero-order valence-corrected chi connectivity index (χ0v) is 20.4. The molecule has 0 aliphatic rings. The Kier molecular flexibility index (Phi) is 7.39. The molecule has 1 unspecified atom stereocenters. The summed E-state index contributed by atoms with van der Waals surface area (Å²) in [5.41, 5.74) is 7.19. The molecular weight excluding hydrogens is 442 g/mol.